The van der Waals surface area contributed by atoms with E-state index >= 15 is 0 Å². The predicted molar refractivity (Wildman–Crippen MR) is 85.2 cm³/mol. The number of aromatic carboxylic acids is 1. The summed E-state index contributed by atoms with van der Waals surface area (Å²) in [6, 6.07) is 0.196. The van der Waals surface area contributed by atoms with E-state index in [1.165, 1.54) is 38.3 Å². The van der Waals surface area contributed by atoms with E-state index < -0.39 is 5.97 Å². The van der Waals surface area contributed by atoms with Crippen LogP contribution in [0.4, 0.5) is 0 Å². The molecule has 0 spiro atoms. The van der Waals surface area contributed by atoms with Crippen molar-refractivity contribution >= 4 is 11.9 Å². The molecule has 2 aliphatic rings. The maximum atomic E-state index is 12.4. The third kappa shape index (κ3) is 3.92. The van der Waals surface area contributed by atoms with Gasteiger partial charge in [0.2, 0.25) is 5.91 Å². The number of carbonyl (C=O) groups is 2. The van der Waals surface area contributed by atoms with Crippen LogP contribution in [0.5, 0.6) is 0 Å². The molecule has 1 saturated heterocycles. The number of carboxylic acid groups (broad SMARTS) is 1. The molecule has 1 aromatic heterocycles. The van der Waals surface area contributed by atoms with Crippen molar-refractivity contribution in [3.63, 3.8) is 0 Å². The van der Waals surface area contributed by atoms with Crippen molar-refractivity contribution in [2.45, 2.75) is 57.4 Å². The molecule has 0 unspecified atom stereocenters. The third-order valence-corrected chi connectivity index (χ3v) is 5.23. The molecule has 0 aromatic carbocycles. The largest absolute Gasteiger partial charge is 0.478 e. The minimum atomic E-state index is -0.948. The first-order valence-corrected chi connectivity index (χ1v) is 8.68. The van der Waals surface area contributed by atoms with Crippen LogP contribution >= 0.6 is 0 Å². The summed E-state index contributed by atoms with van der Waals surface area (Å²) in [6.45, 7) is 1.50. The van der Waals surface area contributed by atoms with Gasteiger partial charge in [0, 0.05) is 25.7 Å². The summed E-state index contributed by atoms with van der Waals surface area (Å²) in [7, 11) is 0. The summed E-state index contributed by atoms with van der Waals surface area (Å²) in [6.07, 6.45) is 11.6. The Kier molecular flexibility index (Phi) is 4.98. The Morgan fingerprint density at radius 1 is 1.13 bits per heavy atom. The second-order valence-electron chi connectivity index (χ2n) is 6.83. The lowest BCUT2D eigenvalue weighted by Gasteiger charge is -2.33. The van der Waals surface area contributed by atoms with Crippen molar-refractivity contribution in [1.29, 1.82) is 0 Å². The van der Waals surface area contributed by atoms with Gasteiger partial charge in [-0.3, -0.25) is 9.48 Å². The van der Waals surface area contributed by atoms with Gasteiger partial charge in [-0.15, -0.1) is 0 Å². The molecule has 2 fully saturated rings. The van der Waals surface area contributed by atoms with Gasteiger partial charge in [0.15, 0.2) is 0 Å². The van der Waals surface area contributed by atoms with Gasteiger partial charge in [-0.25, -0.2) is 4.79 Å². The van der Waals surface area contributed by atoms with Gasteiger partial charge in [-0.2, -0.15) is 5.10 Å². The highest BCUT2D eigenvalue weighted by Gasteiger charge is 2.26. The van der Waals surface area contributed by atoms with Crippen molar-refractivity contribution in [1.82, 2.24) is 14.7 Å². The van der Waals surface area contributed by atoms with Crippen molar-refractivity contribution in [3.05, 3.63) is 18.0 Å². The van der Waals surface area contributed by atoms with Gasteiger partial charge < -0.3 is 10.0 Å². The summed E-state index contributed by atoms with van der Waals surface area (Å²) in [4.78, 5) is 25.3. The van der Waals surface area contributed by atoms with Crippen LogP contribution in [-0.4, -0.2) is 44.8 Å². The smallest absolute Gasteiger partial charge is 0.338 e. The minimum Gasteiger partial charge on any atom is -0.478 e. The van der Waals surface area contributed by atoms with Crippen LogP contribution in [0.3, 0.4) is 0 Å². The fourth-order valence-electron chi connectivity index (χ4n) is 3.80. The van der Waals surface area contributed by atoms with E-state index in [0.29, 0.717) is 18.2 Å². The first kappa shape index (κ1) is 16.0. The number of hydrogen-bond acceptors (Lipinski definition) is 3. The molecule has 23 heavy (non-hydrogen) atoms. The molecule has 0 bridgehead atoms. The summed E-state index contributed by atoms with van der Waals surface area (Å²) < 4.78 is 1.74. The quantitative estimate of drug-likeness (QED) is 0.926. The average Bonchev–Trinajstić information content (AvgIpc) is 3.06. The third-order valence-electron chi connectivity index (χ3n) is 5.23. The number of nitrogens with zero attached hydrogens (tertiary/aromatic N) is 3. The fraction of sp³-hybridized carbons (Fsp3) is 0.706. The van der Waals surface area contributed by atoms with E-state index in [0.717, 1.165) is 25.9 Å². The van der Waals surface area contributed by atoms with E-state index in [1.54, 1.807) is 10.9 Å². The zero-order valence-electron chi connectivity index (χ0n) is 13.5. The Balaban J connectivity index is 1.49. The predicted octanol–water partition coefficient (Wildman–Crippen LogP) is 2.72. The molecule has 1 amide bonds. The lowest BCUT2D eigenvalue weighted by atomic mass is 9.86. The number of rotatable bonds is 4. The standard InChI is InChI=1S/C17H25N3O3/c21-16(10-13-4-2-1-3-5-13)19-8-6-15(7-9-19)20-12-14(11-18-20)17(22)23/h11-13,15H,1-10H2,(H,22,23). The molecule has 6 nitrogen and oxygen atoms in total. The molecule has 1 aliphatic carbocycles. The van der Waals surface area contributed by atoms with Crippen molar-refractivity contribution < 1.29 is 14.7 Å². The molecule has 1 N–H and O–H groups in total. The first-order chi connectivity index (χ1) is 11.1. The van der Waals surface area contributed by atoms with Crippen LogP contribution in [0.15, 0.2) is 12.4 Å². The van der Waals surface area contributed by atoms with Crippen LogP contribution in [0.2, 0.25) is 0 Å². The van der Waals surface area contributed by atoms with Crippen molar-refractivity contribution in [2.75, 3.05) is 13.1 Å². The van der Waals surface area contributed by atoms with Crippen LogP contribution < -0.4 is 0 Å². The van der Waals surface area contributed by atoms with Crippen LogP contribution in [-0.2, 0) is 4.79 Å². The molecule has 0 atom stereocenters. The number of aromatic nitrogens is 2. The molecule has 1 aliphatic heterocycles. The molecule has 1 aromatic rings. The zero-order valence-corrected chi connectivity index (χ0v) is 13.5. The molecule has 126 valence electrons. The summed E-state index contributed by atoms with van der Waals surface area (Å²) in [5.41, 5.74) is 0.223. The number of carboxylic acids is 1. The van der Waals surface area contributed by atoms with E-state index in [4.69, 9.17) is 5.11 Å². The van der Waals surface area contributed by atoms with Gasteiger partial charge in [0.25, 0.3) is 0 Å². The molecule has 1 saturated carbocycles. The maximum Gasteiger partial charge on any atom is 0.338 e. The van der Waals surface area contributed by atoms with Crippen LogP contribution in [0.1, 0.15) is 67.8 Å². The number of piperidine rings is 1. The molecular formula is C17H25N3O3. The zero-order chi connectivity index (χ0) is 16.2. The Bertz CT molecular complexity index is 555. The molecular weight excluding hydrogens is 294 g/mol. The number of hydrogen-bond donors (Lipinski definition) is 1. The first-order valence-electron chi connectivity index (χ1n) is 8.68. The Hall–Kier alpha value is -1.85. The SMILES string of the molecule is O=C(O)c1cnn(C2CCN(C(=O)CC3CCCCC3)CC2)c1. The van der Waals surface area contributed by atoms with Crippen LogP contribution in [0.25, 0.3) is 0 Å². The van der Waals surface area contributed by atoms with E-state index in [2.05, 4.69) is 5.10 Å². The van der Waals surface area contributed by atoms with Gasteiger partial charge in [-0.05, 0) is 31.6 Å². The fourth-order valence-corrected chi connectivity index (χ4v) is 3.80. The number of carbonyl (C=O) groups excluding carboxylic acids is 1. The van der Waals surface area contributed by atoms with Gasteiger partial charge in [-0.1, -0.05) is 19.3 Å². The minimum absolute atomic E-state index is 0.196. The topological polar surface area (TPSA) is 75.4 Å². The van der Waals surface area contributed by atoms with E-state index in [1.807, 2.05) is 4.90 Å². The molecule has 2 heterocycles. The van der Waals surface area contributed by atoms with Gasteiger partial charge in [0.1, 0.15) is 0 Å². The number of likely N-dealkylation sites (tertiary alicyclic amines) is 1. The summed E-state index contributed by atoms with van der Waals surface area (Å²) in [5.74, 6) is -0.0726. The highest BCUT2D eigenvalue weighted by Crippen LogP contribution is 2.28. The van der Waals surface area contributed by atoms with Crippen molar-refractivity contribution in [2.24, 2.45) is 5.92 Å². The maximum absolute atomic E-state index is 12.4. The van der Waals surface area contributed by atoms with E-state index in [-0.39, 0.29) is 11.6 Å². The van der Waals surface area contributed by atoms with Gasteiger partial charge >= 0.3 is 5.97 Å². The monoisotopic (exact) mass is 319 g/mol. The molecule has 3 rings (SSSR count). The van der Waals surface area contributed by atoms with Crippen molar-refractivity contribution in [3.8, 4) is 0 Å². The summed E-state index contributed by atoms with van der Waals surface area (Å²) in [5, 5.41) is 13.1. The Morgan fingerprint density at radius 2 is 1.83 bits per heavy atom. The molecule has 0 radical (unpaired) electrons. The lowest BCUT2D eigenvalue weighted by Crippen LogP contribution is -2.40. The Morgan fingerprint density at radius 3 is 2.43 bits per heavy atom. The lowest BCUT2D eigenvalue weighted by molar-refractivity contribution is -0.133. The Labute approximate surface area is 136 Å². The summed E-state index contributed by atoms with van der Waals surface area (Å²) >= 11 is 0. The highest BCUT2D eigenvalue weighted by molar-refractivity contribution is 5.86. The average molecular weight is 319 g/mol. The van der Waals surface area contributed by atoms with Gasteiger partial charge in [0.05, 0.1) is 17.8 Å². The number of amides is 1. The molecule has 6 heteroatoms. The van der Waals surface area contributed by atoms with E-state index in [9.17, 15) is 9.59 Å². The highest BCUT2D eigenvalue weighted by atomic mass is 16.4. The second kappa shape index (κ2) is 7.15. The van der Waals surface area contributed by atoms with Crippen LogP contribution in [0, 0.1) is 5.92 Å². The second-order valence-corrected chi connectivity index (χ2v) is 6.83. The normalized spacial score (nSPS) is 20.6.